The van der Waals surface area contributed by atoms with Crippen LogP contribution >= 0.6 is 0 Å². The van der Waals surface area contributed by atoms with Gasteiger partial charge in [0, 0.05) is 40.1 Å². The molecule has 4 heterocycles. The first-order chi connectivity index (χ1) is 14.6. The molecule has 0 bridgehead atoms. The van der Waals surface area contributed by atoms with Gasteiger partial charge in [0.05, 0.1) is 36.2 Å². The molecule has 0 amide bonds. The summed E-state index contributed by atoms with van der Waals surface area (Å²) in [4.78, 5) is 29.6. The minimum Gasteiger partial charge on any atom is -0.395 e. The van der Waals surface area contributed by atoms with Crippen LogP contribution in [0, 0.1) is 6.92 Å². The van der Waals surface area contributed by atoms with E-state index >= 15 is 0 Å². The first-order valence-electron chi connectivity index (χ1n) is 9.83. The number of nitrogens with zero attached hydrogens (tertiary/aromatic N) is 3. The Hall–Kier alpha value is -3.64. The highest BCUT2D eigenvalue weighted by atomic mass is 16.3. The van der Waals surface area contributed by atoms with Crippen LogP contribution in [0.4, 0.5) is 0 Å². The molecule has 1 aliphatic rings. The molecule has 0 fully saturated rings. The second-order valence-corrected chi connectivity index (χ2v) is 7.48. The van der Waals surface area contributed by atoms with Crippen LogP contribution in [0.3, 0.4) is 0 Å². The highest BCUT2D eigenvalue weighted by molar-refractivity contribution is 6.16. The van der Waals surface area contributed by atoms with Gasteiger partial charge in [-0.15, -0.1) is 0 Å². The number of nitrogens with one attached hydrogen (secondary N) is 1. The van der Waals surface area contributed by atoms with E-state index in [1.54, 1.807) is 18.5 Å². The number of Topliss-reactive ketones (excluding diaryl/α,β-unsaturated/α-hetero) is 1. The number of pyridine rings is 2. The van der Waals surface area contributed by atoms with Gasteiger partial charge in [0.25, 0.3) is 0 Å². The lowest BCUT2D eigenvalue weighted by atomic mass is 9.97. The number of rotatable bonds is 5. The zero-order valence-corrected chi connectivity index (χ0v) is 16.5. The molecule has 0 saturated carbocycles. The number of benzene rings is 1. The van der Waals surface area contributed by atoms with E-state index in [-0.39, 0.29) is 12.4 Å². The first-order valence-corrected chi connectivity index (χ1v) is 9.83. The lowest BCUT2D eigenvalue weighted by Gasteiger charge is -2.12. The van der Waals surface area contributed by atoms with Gasteiger partial charge < -0.3 is 10.1 Å². The van der Waals surface area contributed by atoms with Crippen LogP contribution in [0.15, 0.2) is 65.9 Å². The van der Waals surface area contributed by atoms with Crippen molar-refractivity contribution in [2.75, 3.05) is 6.61 Å². The van der Waals surface area contributed by atoms with Gasteiger partial charge in [0.2, 0.25) is 0 Å². The van der Waals surface area contributed by atoms with E-state index in [0.717, 1.165) is 39.0 Å². The Morgan fingerprint density at radius 2 is 2.00 bits per heavy atom. The number of aryl methyl sites for hydroxylation is 1. The lowest BCUT2D eigenvalue weighted by molar-refractivity contribution is 0.0915. The van der Waals surface area contributed by atoms with Gasteiger partial charge in [0.1, 0.15) is 0 Å². The van der Waals surface area contributed by atoms with Crippen molar-refractivity contribution in [2.24, 2.45) is 4.99 Å². The summed E-state index contributed by atoms with van der Waals surface area (Å²) in [7, 11) is 0. The van der Waals surface area contributed by atoms with Gasteiger partial charge in [-0.1, -0.05) is 6.07 Å². The van der Waals surface area contributed by atoms with Gasteiger partial charge in [0.15, 0.2) is 5.78 Å². The van der Waals surface area contributed by atoms with Crippen LogP contribution in [-0.4, -0.2) is 38.2 Å². The largest absolute Gasteiger partial charge is 0.395 e. The summed E-state index contributed by atoms with van der Waals surface area (Å²) >= 11 is 0. The molecule has 30 heavy (non-hydrogen) atoms. The van der Waals surface area contributed by atoms with Crippen LogP contribution in [0.2, 0.25) is 0 Å². The molecular formula is C24H20N4O2. The smallest absolute Gasteiger partial charge is 0.190 e. The number of H-pyrrole nitrogens is 1. The van der Waals surface area contributed by atoms with Crippen molar-refractivity contribution >= 4 is 22.4 Å². The van der Waals surface area contributed by atoms with E-state index < -0.39 is 5.92 Å². The zero-order valence-electron chi connectivity index (χ0n) is 16.5. The lowest BCUT2D eigenvalue weighted by Crippen LogP contribution is -2.18. The molecule has 4 aromatic rings. The van der Waals surface area contributed by atoms with E-state index in [0.29, 0.717) is 17.9 Å². The van der Waals surface area contributed by atoms with E-state index in [1.807, 2.05) is 43.3 Å². The molecular weight excluding hydrogens is 376 g/mol. The number of aliphatic hydroxyl groups is 1. The maximum absolute atomic E-state index is 13.1. The van der Waals surface area contributed by atoms with Crippen LogP contribution in [0.5, 0.6) is 0 Å². The highest BCUT2D eigenvalue weighted by Gasteiger charge is 2.25. The molecule has 0 saturated heterocycles. The molecule has 0 unspecified atom stereocenters. The van der Waals surface area contributed by atoms with Crippen molar-refractivity contribution in [1.29, 1.82) is 0 Å². The van der Waals surface area contributed by atoms with Crippen molar-refractivity contribution in [3.8, 4) is 0 Å². The van der Waals surface area contributed by atoms with Crippen molar-refractivity contribution in [2.45, 2.75) is 19.4 Å². The van der Waals surface area contributed by atoms with Gasteiger partial charge >= 0.3 is 0 Å². The minimum atomic E-state index is -0.696. The third-order valence-corrected chi connectivity index (χ3v) is 5.49. The summed E-state index contributed by atoms with van der Waals surface area (Å²) in [5.74, 6) is -0.867. The quantitative estimate of drug-likeness (QED) is 0.505. The Morgan fingerprint density at radius 3 is 2.77 bits per heavy atom. The fraction of sp³-hybridized carbons (Fsp3) is 0.167. The normalized spacial score (nSPS) is 13.9. The standard InChI is InChI=1S/C24H20N4O2/c1-14-3-2-4-20(27-14)19(13-29)24(30)22-10-16-9-17-12-26-23(15-5-7-25-8-6-15)18(17)11-21(16)28-22/h2-11,19,28-29H,12-13H2,1H3/t19-/m1/s1. The van der Waals surface area contributed by atoms with Crippen molar-refractivity contribution in [1.82, 2.24) is 15.0 Å². The molecule has 6 nitrogen and oxygen atoms in total. The summed E-state index contributed by atoms with van der Waals surface area (Å²) < 4.78 is 0. The van der Waals surface area contributed by atoms with Gasteiger partial charge in [-0.3, -0.25) is 19.8 Å². The van der Waals surface area contributed by atoms with Crippen LogP contribution in [-0.2, 0) is 6.54 Å². The number of ketones is 1. The molecule has 1 atom stereocenters. The van der Waals surface area contributed by atoms with Crippen LogP contribution in [0.25, 0.3) is 10.9 Å². The Bertz CT molecular complexity index is 1290. The fourth-order valence-electron chi connectivity index (χ4n) is 3.97. The monoisotopic (exact) mass is 396 g/mol. The first kappa shape index (κ1) is 18.4. The van der Waals surface area contributed by atoms with Crippen molar-refractivity contribution in [3.05, 3.63) is 94.7 Å². The number of hydrogen-bond donors (Lipinski definition) is 2. The van der Waals surface area contributed by atoms with E-state index in [9.17, 15) is 9.90 Å². The number of carbonyl (C=O) groups excluding carboxylic acids is 1. The third kappa shape index (κ3) is 3.11. The molecule has 0 spiro atoms. The summed E-state index contributed by atoms with van der Waals surface area (Å²) in [6, 6.07) is 15.4. The maximum atomic E-state index is 13.1. The summed E-state index contributed by atoms with van der Waals surface area (Å²) in [6.45, 7) is 2.19. The average molecular weight is 396 g/mol. The van der Waals surface area contributed by atoms with Crippen LogP contribution < -0.4 is 0 Å². The van der Waals surface area contributed by atoms with Gasteiger partial charge in [-0.25, -0.2) is 0 Å². The predicted molar refractivity (Wildman–Crippen MR) is 115 cm³/mol. The Morgan fingerprint density at radius 1 is 1.17 bits per heavy atom. The second kappa shape index (κ2) is 7.31. The Balaban J connectivity index is 1.52. The summed E-state index contributed by atoms with van der Waals surface area (Å²) in [6.07, 6.45) is 3.52. The zero-order chi connectivity index (χ0) is 20.7. The summed E-state index contributed by atoms with van der Waals surface area (Å²) in [5.41, 5.74) is 6.89. The molecule has 0 radical (unpaired) electrons. The van der Waals surface area contributed by atoms with E-state index in [4.69, 9.17) is 4.99 Å². The van der Waals surface area contributed by atoms with Crippen molar-refractivity contribution < 1.29 is 9.90 Å². The molecule has 2 N–H and O–H groups in total. The van der Waals surface area contributed by atoms with Crippen LogP contribution in [0.1, 0.15) is 44.5 Å². The molecule has 0 aliphatic carbocycles. The molecule has 5 rings (SSSR count). The number of aliphatic hydroxyl groups excluding tert-OH is 1. The number of aromatic amines is 1. The van der Waals surface area contributed by atoms with E-state index in [2.05, 4.69) is 21.0 Å². The highest BCUT2D eigenvalue weighted by Crippen LogP contribution is 2.29. The molecule has 1 aliphatic heterocycles. The molecule has 6 heteroatoms. The minimum absolute atomic E-state index is 0.171. The summed E-state index contributed by atoms with van der Waals surface area (Å²) in [5, 5.41) is 10.8. The van der Waals surface area contributed by atoms with E-state index in [1.165, 1.54) is 0 Å². The fourth-order valence-corrected chi connectivity index (χ4v) is 3.97. The number of carbonyl (C=O) groups is 1. The van der Waals surface area contributed by atoms with Crippen molar-refractivity contribution in [3.63, 3.8) is 0 Å². The third-order valence-electron chi connectivity index (χ3n) is 5.49. The Kier molecular flexibility index (Phi) is 4.48. The predicted octanol–water partition coefficient (Wildman–Crippen LogP) is 3.58. The number of aromatic nitrogens is 3. The topological polar surface area (TPSA) is 91.2 Å². The van der Waals surface area contributed by atoms with Gasteiger partial charge in [-0.05, 0) is 55.0 Å². The molecule has 3 aromatic heterocycles. The maximum Gasteiger partial charge on any atom is 0.190 e. The average Bonchev–Trinajstić information content (AvgIpc) is 3.36. The number of hydrogen-bond acceptors (Lipinski definition) is 5. The molecule has 1 aromatic carbocycles. The van der Waals surface area contributed by atoms with Gasteiger partial charge in [-0.2, -0.15) is 0 Å². The molecule has 148 valence electrons. The Labute approximate surface area is 173 Å². The number of fused-ring (bicyclic) bond motifs is 2. The SMILES string of the molecule is Cc1cccc([C@@H](CO)C(=O)c2cc3cc4c(cc3[nH]2)C(c2ccncc2)=NC4)n1. The number of aliphatic imine (C=N–C) groups is 1. The second-order valence-electron chi connectivity index (χ2n) is 7.48.